The maximum Gasteiger partial charge on any atom is 0.254 e. The second kappa shape index (κ2) is 8.88. The predicted molar refractivity (Wildman–Crippen MR) is 119 cm³/mol. The Morgan fingerprint density at radius 1 is 1.17 bits per heavy atom. The largest absolute Gasteiger partial charge is 0.497 e. The molecule has 1 amide bonds. The lowest BCUT2D eigenvalue weighted by molar-refractivity contribution is -0.0681. The van der Waals surface area contributed by atoms with Crippen LogP contribution in [0.3, 0.4) is 0 Å². The van der Waals surface area contributed by atoms with Gasteiger partial charge in [0.25, 0.3) is 5.91 Å². The summed E-state index contributed by atoms with van der Waals surface area (Å²) in [6.45, 7) is 7.08. The van der Waals surface area contributed by atoms with Crippen LogP contribution in [0.2, 0.25) is 0 Å². The quantitative estimate of drug-likeness (QED) is 0.766. The van der Waals surface area contributed by atoms with Gasteiger partial charge in [0, 0.05) is 24.2 Å². The third-order valence-electron chi connectivity index (χ3n) is 7.56. The molecule has 0 aromatic heterocycles. The Bertz CT molecular complexity index is 725. The highest BCUT2D eigenvalue weighted by Crippen LogP contribution is 2.44. The van der Waals surface area contributed by atoms with Crippen molar-refractivity contribution >= 4 is 5.91 Å². The van der Waals surface area contributed by atoms with E-state index in [1.165, 1.54) is 38.8 Å². The number of ether oxygens (including phenoxy) is 1. The summed E-state index contributed by atoms with van der Waals surface area (Å²) in [6.07, 6.45) is 7.65. The van der Waals surface area contributed by atoms with Crippen LogP contribution in [0.5, 0.6) is 5.75 Å². The highest BCUT2D eigenvalue weighted by atomic mass is 16.5. The van der Waals surface area contributed by atoms with E-state index in [1.54, 1.807) is 7.11 Å². The van der Waals surface area contributed by atoms with Gasteiger partial charge in [0.15, 0.2) is 0 Å². The zero-order valence-electron chi connectivity index (χ0n) is 18.8. The maximum atomic E-state index is 13.6. The fraction of sp³-hybridized carbons (Fsp3) is 0.720. The highest BCUT2D eigenvalue weighted by Gasteiger charge is 2.49. The molecule has 0 radical (unpaired) electrons. The van der Waals surface area contributed by atoms with Crippen molar-refractivity contribution in [3.8, 4) is 5.75 Å². The molecule has 3 aliphatic heterocycles. The van der Waals surface area contributed by atoms with Gasteiger partial charge in [-0.2, -0.15) is 0 Å². The molecule has 0 saturated carbocycles. The van der Waals surface area contributed by atoms with Gasteiger partial charge < -0.3 is 14.7 Å². The van der Waals surface area contributed by atoms with Gasteiger partial charge in [0.2, 0.25) is 0 Å². The fourth-order valence-corrected chi connectivity index (χ4v) is 6.24. The number of benzene rings is 1. The second-order valence-electron chi connectivity index (χ2n) is 10.2. The van der Waals surface area contributed by atoms with Crippen molar-refractivity contribution in [2.75, 3.05) is 26.7 Å². The SMILES string of the molecule is COc1ccc(C(=O)N2C[C@@H]3CCCN4CCC[C@@H]([C@H]34)[C@H]2CCCC(C)(C)O)cc1. The smallest absolute Gasteiger partial charge is 0.254 e. The van der Waals surface area contributed by atoms with Crippen LogP contribution in [-0.4, -0.2) is 65.2 Å². The minimum absolute atomic E-state index is 0.159. The van der Waals surface area contributed by atoms with E-state index in [-0.39, 0.29) is 11.9 Å². The molecule has 1 aromatic carbocycles. The number of hydrogen-bond acceptors (Lipinski definition) is 4. The van der Waals surface area contributed by atoms with Gasteiger partial charge in [0.05, 0.1) is 12.7 Å². The number of aliphatic hydroxyl groups is 1. The number of rotatable bonds is 6. The molecular formula is C25H38N2O3. The Labute approximate surface area is 181 Å². The molecule has 0 spiro atoms. The average Bonchev–Trinajstić information content (AvgIpc) is 2.74. The summed E-state index contributed by atoms with van der Waals surface area (Å²) in [7, 11) is 1.65. The van der Waals surface area contributed by atoms with E-state index in [1.807, 2.05) is 38.1 Å². The summed E-state index contributed by atoms with van der Waals surface area (Å²) >= 11 is 0. The van der Waals surface area contributed by atoms with E-state index in [2.05, 4.69) is 9.80 Å². The van der Waals surface area contributed by atoms with E-state index >= 15 is 0 Å². The van der Waals surface area contributed by atoms with Crippen LogP contribution >= 0.6 is 0 Å². The molecule has 1 aromatic rings. The summed E-state index contributed by atoms with van der Waals surface area (Å²) in [5.74, 6) is 2.09. The van der Waals surface area contributed by atoms with Gasteiger partial charge >= 0.3 is 0 Å². The zero-order valence-corrected chi connectivity index (χ0v) is 18.8. The summed E-state index contributed by atoms with van der Waals surface area (Å²) in [5, 5.41) is 10.2. The number of carbonyl (C=O) groups excluding carboxylic acids is 1. The average molecular weight is 415 g/mol. The molecular weight excluding hydrogens is 376 g/mol. The van der Waals surface area contributed by atoms with Gasteiger partial charge in [0.1, 0.15) is 5.75 Å². The van der Waals surface area contributed by atoms with E-state index in [4.69, 9.17) is 4.74 Å². The van der Waals surface area contributed by atoms with Crippen LogP contribution < -0.4 is 4.74 Å². The van der Waals surface area contributed by atoms with Crippen LogP contribution in [0.4, 0.5) is 0 Å². The fourth-order valence-electron chi connectivity index (χ4n) is 6.24. The first kappa shape index (κ1) is 21.6. The molecule has 3 saturated heterocycles. The Kier molecular flexibility index (Phi) is 6.40. The van der Waals surface area contributed by atoms with Crippen molar-refractivity contribution < 1.29 is 14.6 Å². The van der Waals surface area contributed by atoms with Crippen LogP contribution in [0.25, 0.3) is 0 Å². The summed E-state index contributed by atoms with van der Waals surface area (Å²) in [6, 6.07) is 8.46. The summed E-state index contributed by atoms with van der Waals surface area (Å²) in [4.78, 5) is 18.6. The molecule has 4 atom stereocenters. The van der Waals surface area contributed by atoms with Crippen LogP contribution in [0, 0.1) is 11.8 Å². The van der Waals surface area contributed by atoms with E-state index in [0.29, 0.717) is 17.9 Å². The molecule has 30 heavy (non-hydrogen) atoms. The second-order valence-corrected chi connectivity index (χ2v) is 10.2. The molecule has 1 N–H and O–H groups in total. The Morgan fingerprint density at radius 3 is 2.53 bits per heavy atom. The monoisotopic (exact) mass is 414 g/mol. The minimum Gasteiger partial charge on any atom is -0.497 e. The zero-order chi connectivity index (χ0) is 21.3. The lowest BCUT2D eigenvalue weighted by Gasteiger charge is -2.57. The Hall–Kier alpha value is -1.59. The molecule has 3 fully saturated rings. The van der Waals surface area contributed by atoms with Gasteiger partial charge in [-0.15, -0.1) is 0 Å². The number of likely N-dealkylation sites (tertiary alicyclic amines) is 1. The predicted octanol–water partition coefficient (Wildman–Crippen LogP) is 3.95. The van der Waals surface area contributed by atoms with Crippen molar-refractivity contribution in [2.45, 2.75) is 76.5 Å². The van der Waals surface area contributed by atoms with Crippen LogP contribution in [0.1, 0.15) is 69.2 Å². The third-order valence-corrected chi connectivity index (χ3v) is 7.56. The molecule has 5 heteroatoms. The molecule has 0 unspecified atom stereocenters. The molecule has 166 valence electrons. The van der Waals surface area contributed by atoms with Crippen molar-refractivity contribution in [3.63, 3.8) is 0 Å². The number of hydrogen-bond donors (Lipinski definition) is 1. The van der Waals surface area contributed by atoms with Gasteiger partial charge in [-0.25, -0.2) is 0 Å². The highest BCUT2D eigenvalue weighted by molar-refractivity contribution is 5.94. The van der Waals surface area contributed by atoms with Crippen molar-refractivity contribution in [1.29, 1.82) is 0 Å². The lowest BCUT2D eigenvalue weighted by Crippen LogP contribution is -2.65. The van der Waals surface area contributed by atoms with Gasteiger partial charge in [-0.05, 0) is 108 Å². The lowest BCUT2D eigenvalue weighted by atomic mass is 9.68. The molecule has 3 aliphatic rings. The Morgan fingerprint density at radius 2 is 1.87 bits per heavy atom. The number of piperidine rings is 3. The van der Waals surface area contributed by atoms with Gasteiger partial charge in [-0.1, -0.05) is 0 Å². The molecule has 0 aliphatic carbocycles. The molecule has 0 bridgehead atoms. The summed E-state index contributed by atoms with van der Waals surface area (Å²) in [5.41, 5.74) is 0.107. The van der Waals surface area contributed by atoms with Crippen LogP contribution in [0.15, 0.2) is 24.3 Å². The van der Waals surface area contributed by atoms with E-state index in [9.17, 15) is 9.90 Å². The first-order chi connectivity index (χ1) is 14.4. The normalized spacial score (nSPS) is 29.4. The standard InChI is InChI=1S/C25H38N2O3/c1-25(2,29)14-4-9-22-21-8-6-16-26-15-5-7-19(23(21)26)17-27(22)24(28)18-10-12-20(30-3)13-11-18/h10-13,19,21-23,29H,4-9,14-17H2,1-3H3/t19-,21+,22+,23-/m0/s1. The summed E-state index contributed by atoms with van der Waals surface area (Å²) < 4.78 is 5.27. The molecule has 3 heterocycles. The Balaban J connectivity index is 1.58. The molecule has 5 nitrogen and oxygen atoms in total. The van der Waals surface area contributed by atoms with E-state index in [0.717, 1.165) is 37.1 Å². The molecule has 4 rings (SSSR count). The number of carbonyl (C=O) groups is 1. The number of nitrogens with zero attached hydrogens (tertiary/aromatic N) is 2. The van der Waals surface area contributed by atoms with Crippen molar-refractivity contribution in [1.82, 2.24) is 9.80 Å². The first-order valence-electron chi connectivity index (χ1n) is 11.8. The van der Waals surface area contributed by atoms with Crippen molar-refractivity contribution in [2.24, 2.45) is 11.8 Å². The van der Waals surface area contributed by atoms with Crippen molar-refractivity contribution in [3.05, 3.63) is 29.8 Å². The minimum atomic E-state index is -0.647. The maximum absolute atomic E-state index is 13.6. The number of methoxy groups -OCH3 is 1. The van der Waals surface area contributed by atoms with E-state index < -0.39 is 5.60 Å². The first-order valence-corrected chi connectivity index (χ1v) is 11.8. The number of amides is 1. The third kappa shape index (κ3) is 4.52. The van der Waals surface area contributed by atoms with Crippen LogP contribution in [-0.2, 0) is 0 Å². The topological polar surface area (TPSA) is 53.0 Å². The van der Waals surface area contributed by atoms with Gasteiger partial charge in [-0.3, -0.25) is 9.69 Å².